The van der Waals surface area contributed by atoms with E-state index in [1.165, 1.54) is 23.7 Å². The van der Waals surface area contributed by atoms with Crippen molar-refractivity contribution in [3.63, 3.8) is 0 Å². The van der Waals surface area contributed by atoms with Crippen molar-refractivity contribution in [1.29, 1.82) is 0 Å². The summed E-state index contributed by atoms with van der Waals surface area (Å²) in [5, 5.41) is 10.0. The zero-order chi connectivity index (χ0) is 15.2. The van der Waals surface area contributed by atoms with E-state index in [-0.39, 0.29) is 10.8 Å². The van der Waals surface area contributed by atoms with Crippen LogP contribution in [0, 0.1) is 5.92 Å². The van der Waals surface area contributed by atoms with Gasteiger partial charge in [-0.15, -0.1) is 0 Å². The molecule has 0 aliphatic rings. The van der Waals surface area contributed by atoms with Gasteiger partial charge in [0.25, 0.3) is 0 Å². The van der Waals surface area contributed by atoms with Crippen molar-refractivity contribution in [2.45, 2.75) is 37.3 Å². The molecule has 20 heavy (non-hydrogen) atoms. The molecule has 0 spiro atoms. The van der Waals surface area contributed by atoms with Crippen molar-refractivity contribution in [2.24, 2.45) is 5.92 Å². The van der Waals surface area contributed by atoms with Crippen LogP contribution in [0.25, 0.3) is 0 Å². The maximum atomic E-state index is 12.3. The highest BCUT2D eigenvalue weighted by molar-refractivity contribution is 7.89. The van der Waals surface area contributed by atoms with E-state index in [9.17, 15) is 13.5 Å². The first-order valence-electron chi connectivity index (χ1n) is 6.44. The van der Waals surface area contributed by atoms with Crippen LogP contribution in [-0.2, 0) is 10.0 Å². The molecule has 1 aromatic rings. The molecule has 0 aromatic heterocycles. The van der Waals surface area contributed by atoms with Crippen molar-refractivity contribution >= 4 is 21.6 Å². The molecular formula is C14H20ClNO3S. The van der Waals surface area contributed by atoms with Crippen LogP contribution in [0.1, 0.15) is 20.3 Å². The summed E-state index contributed by atoms with van der Waals surface area (Å²) >= 11 is 5.46. The Kier molecular flexibility index (Phi) is 6.68. The van der Waals surface area contributed by atoms with E-state index in [1.54, 1.807) is 18.2 Å². The Balaban J connectivity index is 3.00. The first-order chi connectivity index (χ1) is 9.42. The van der Waals surface area contributed by atoms with Gasteiger partial charge in [-0.25, -0.2) is 13.1 Å². The Morgan fingerprint density at radius 2 is 1.95 bits per heavy atom. The van der Waals surface area contributed by atoms with Gasteiger partial charge in [-0.2, -0.15) is 0 Å². The van der Waals surface area contributed by atoms with Crippen molar-refractivity contribution in [2.75, 3.05) is 0 Å². The van der Waals surface area contributed by atoms with Gasteiger partial charge in [0.05, 0.1) is 17.0 Å². The molecule has 0 bridgehead atoms. The van der Waals surface area contributed by atoms with E-state index >= 15 is 0 Å². The lowest BCUT2D eigenvalue weighted by atomic mass is 9.95. The second-order valence-corrected chi connectivity index (χ2v) is 6.62. The predicted molar refractivity (Wildman–Crippen MR) is 81.0 cm³/mol. The molecule has 112 valence electrons. The SMILES string of the molecule is CC[C@H](C)[C@H](NS(=O)(=O)c1ccccc1)[C@@H](O)/C=C/Cl. The van der Waals surface area contributed by atoms with Gasteiger partial charge in [0.15, 0.2) is 0 Å². The van der Waals surface area contributed by atoms with Gasteiger partial charge in [-0.05, 0) is 24.1 Å². The van der Waals surface area contributed by atoms with Crippen LogP contribution >= 0.6 is 11.6 Å². The molecule has 0 heterocycles. The standard InChI is InChI=1S/C14H20ClNO3S/c1-3-11(2)14(13(17)9-10-15)16-20(18,19)12-7-5-4-6-8-12/h4-11,13-14,16-17H,3H2,1-2H3/b10-9+/t11-,13-,14-/m0/s1. The van der Waals surface area contributed by atoms with Crippen LogP contribution in [0.4, 0.5) is 0 Å². The quantitative estimate of drug-likeness (QED) is 0.812. The van der Waals surface area contributed by atoms with Crippen LogP contribution < -0.4 is 4.72 Å². The zero-order valence-electron chi connectivity index (χ0n) is 11.5. The highest BCUT2D eigenvalue weighted by atomic mass is 35.5. The van der Waals surface area contributed by atoms with E-state index in [2.05, 4.69) is 4.72 Å². The van der Waals surface area contributed by atoms with Crippen molar-refractivity contribution < 1.29 is 13.5 Å². The van der Waals surface area contributed by atoms with Crippen LogP contribution in [-0.4, -0.2) is 25.7 Å². The highest BCUT2D eigenvalue weighted by Crippen LogP contribution is 2.17. The number of benzene rings is 1. The average Bonchev–Trinajstić information content (AvgIpc) is 2.45. The summed E-state index contributed by atoms with van der Waals surface area (Å²) in [6.07, 6.45) is 1.13. The first kappa shape index (κ1) is 17.2. The normalized spacial score (nSPS) is 17.0. The fraction of sp³-hybridized carbons (Fsp3) is 0.429. The lowest BCUT2D eigenvalue weighted by Gasteiger charge is -2.27. The van der Waals surface area contributed by atoms with Crippen LogP contribution in [0.5, 0.6) is 0 Å². The molecule has 0 saturated heterocycles. The van der Waals surface area contributed by atoms with Gasteiger partial charge in [-0.1, -0.05) is 50.1 Å². The Hall–Kier alpha value is -0.880. The minimum absolute atomic E-state index is 0.0312. The molecule has 3 atom stereocenters. The predicted octanol–water partition coefficient (Wildman–Crippen LogP) is 2.49. The third-order valence-corrected chi connectivity index (χ3v) is 4.86. The number of aliphatic hydroxyl groups is 1. The summed E-state index contributed by atoms with van der Waals surface area (Å²) in [5.41, 5.74) is 1.19. The fourth-order valence-electron chi connectivity index (χ4n) is 1.82. The largest absolute Gasteiger partial charge is 0.387 e. The van der Waals surface area contributed by atoms with Crippen molar-refractivity contribution in [3.8, 4) is 0 Å². The van der Waals surface area contributed by atoms with Crippen molar-refractivity contribution in [3.05, 3.63) is 41.9 Å². The number of sulfonamides is 1. The molecule has 4 nitrogen and oxygen atoms in total. The molecular weight excluding hydrogens is 298 g/mol. The number of hydrogen-bond donors (Lipinski definition) is 2. The third-order valence-electron chi connectivity index (χ3n) is 3.24. The summed E-state index contributed by atoms with van der Waals surface area (Å²) in [7, 11) is -3.66. The number of hydrogen-bond acceptors (Lipinski definition) is 3. The summed E-state index contributed by atoms with van der Waals surface area (Å²) in [5.74, 6) is -0.0312. The molecule has 0 unspecified atom stereocenters. The van der Waals surface area contributed by atoms with E-state index < -0.39 is 22.2 Å². The Morgan fingerprint density at radius 3 is 2.45 bits per heavy atom. The zero-order valence-corrected chi connectivity index (χ0v) is 13.1. The molecule has 0 saturated carbocycles. The molecule has 6 heteroatoms. The van der Waals surface area contributed by atoms with Gasteiger partial charge >= 0.3 is 0 Å². The summed E-state index contributed by atoms with van der Waals surface area (Å²) in [6, 6.07) is 7.46. The molecule has 0 aliphatic heterocycles. The van der Waals surface area contributed by atoms with E-state index in [1.807, 2.05) is 13.8 Å². The maximum Gasteiger partial charge on any atom is 0.240 e. The van der Waals surface area contributed by atoms with Gasteiger partial charge in [-0.3, -0.25) is 0 Å². The topological polar surface area (TPSA) is 66.4 Å². The summed E-state index contributed by atoms with van der Waals surface area (Å²) in [4.78, 5) is 0.176. The number of rotatable bonds is 7. The molecule has 0 aliphatic carbocycles. The van der Waals surface area contributed by atoms with Crippen LogP contribution in [0.3, 0.4) is 0 Å². The Morgan fingerprint density at radius 1 is 1.35 bits per heavy atom. The molecule has 0 amide bonds. The van der Waals surface area contributed by atoms with E-state index in [0.717, 1.165) is 6.42 Å². The first-order valence-corrected chi connectivity index (χ1v) is 8.36. The second-order valence-electron chi connectivity index (χ2n) is 4.65. The summed E-state index contributed by atoms with van der Waals surface area (Å²) in [6.45, 7) is 3.81. The van der Waals surface area contributed by atoms with E-state index in [0.29, 0.717) is 0 Å². The lowest BCUT2D eigenvalue weighted by Crippen LogP contribution is -2.46. The van der Waals surface area contributed by atoms with Crippen molar-refractivity contribution in [1.82, 2.24) is 4.72 Å². The molecule has 2 N–H and O–H groups in total. The smallest absolute Gasteiger partial charge is 0.240 e. The van der Waals surface area contributed by atoms with Crippen LogP contribution in [0.2, 0.25) is 0 Å². The van der Waals surface area contributed by atoms with Gasteiger partial charge in [0.2, 0.25) is 10.0 Å². The Bertz CT molecular complexity index is 531. The number of nitrogens with one attached hydrogen (secondary N) is 1. The third kappa shape index (κ3) is 4.59. The van der Waals surface area contributed by atoms with Crippen LogP contribution in [0.15, 0.2) is 46.8 Å². The summed E-state index contributed by atoms with van der Waals surface area (Å²) < 4.78 is 27.1. The maximum absolute atomic E-state index is 12.3. The van der Waals surface area contributed by atoms with Gasteiger partial charge < -0.3 is 5.11 Å². The lowest BCUT2D eigenvalue weighted by molar-refractivity contribution is 0.153. The fourth-order valence-corrected chi connectivity index (χ4v) is 3.35. The molecule has 0 radical (unpaired) electrons. The minimum Gasteiger partial charge on any atom is -0.387 e. The highest BCUT2D eigenvalue weighted by Gasteiger charge is 2.28. The average molecular weight is 318 g/mol. The van der Waals surface area contributed by atoms with Gasteiger partial charge in [0.1, 0.15) is 0 Å². The molecule has 1 rings (SSSR count). The second kappa shape index (κ2) is 7.78. The van der Waals surface area contributed by atoms with Gasteiger partial charge in [0, 0.05) is 5.54 Å². The number of halogens is 1. The van der Waals surface area contributed by atoms with E-state index in [4.69, 9.17) is 11.6 Å². The Labute approximate surface area is 125 Å². The monoisotopic (exact) mass is 317 g/mol. The minimum atomic E-state index is -3.66. The molecule has 0 fully saturated rings. The number of aliphatic hydroxyl groups excluding tert-OH is 1. The molecule has 1 aromatic carbocycles.